The molecule has 0 fully saturated rings. The van der Waals surface area contributed by atoms with Crippen LogP contribution < -0.4 is 5.56 Å². The maximum Gasteiger partial charge on any atom is 0.266 e. The van der Waals surface area contributed by atoms with E-state index in [-0.39, 0.29) is 11.4 Å². The van der Waals surface area contributed by atoms with Crippen molar-refractivity contribution in [3.8, 4) is 17.1 Å². The van der Waals surface area contributed by atoms with E-state index in [0.717, 1.165) is 5.56 Å². The fourth-order valence-electron chi connectivity index (χ4n) is 2.76. The molecule has 0 spiro atoms. The fraction of sp³-hybridized carbons (Fsp3) is 0. The largest absolute Gasteiger partial charge is 0.268 e. The van der Waals surface area contributed by atoms with Crippen molar-refractivity contribution in [3.05, 3.63) is 94.0 Å². The van der Waals surface area contributed by atoms with Gasteiger partial charge in [0.25, 0.3) is 5.56 Å². The third-order valence-corrected chi connectivity index (χ3v) is 4.21. The standard InChI is InChI=1S/C20H12ClFN2O/c21-14-7-5-13(6-8-14)19-23-18-4-2-1-3-17(18)20(25)24(19)16-11-9-15(22)10-12-16/h1-12H. The molecule has 5 heteroatoms. The molecule has 0 atom stereocenters. The number of rotatable bonds is 2. The summed E-state index contributed by atoms with van der Waals surface area (Å²) in [6.07, 6.45) is 0. The van der Waals surface area contributed by atoms with Gasteiger partial charge in [-0.15, -0.1) is 0 Å². The molecule has 0 bridgehead atoms. The zero-order chi connectivity index (χ0) is 17.4. The van der Waals surface area contributed by atoms with Gasteiger partial charge in [-0.3, -0.25) is 9.36 Å². The predicted octanol–water partition coefficient (Wildman–Crippen LogP) is 4.85. The van der Waals surface area contributed by atoms with E-state index in [1.54, 1.807) is 54.6 Å². The quantitative estimate of drug-likeness (QED) is 0.518. The highest BCUT2D eigenvalue weighted by Gasteiger charge is 2.14. The minimum atomic E-state index is -0.362. The first kappa shape index (κ1) is 15.5. The summed E-state index contributed by atoms with van der Waals surface area (Å²) >= 11 is 5.97. The van der Waals surface area contributed by atoms with Crippen molar-refractivity contribution in [2.24, 2.45) is 0 Å². The van der Waals surface area contributed by atoms with Gasteiger partial charge in [0, 0.05) is 10.6 Å². The fourth-order valence-corrected chi connectivity index (χ4v) is 2.88. The Morgan fingerprint density at radius 1 is 0.880 bits per heavy atom. The van der Waals surface area contributed by atoms with Crippen LogP contribution in [0.5, 0.6) is 0 Å². The SMILES string of the molecule is O=c1c2ccccc2nc(-c2ccc(Cl)cc2)n1-c1ccc(F)cc1. The van der Waals surface area contributed by atoms with Crippen LogP contribution in [0.1, 0.15) is 0 Å². The number of benzene rings is 3. The third kappa shape index (κ3) is 2.81. The second-order valence-electron chi connectivity index (χ2n) is 5.58. The molecule has 0 unspecified atom stereocenters. The van der Waals surface area contributed by atoms with Crippen molar-refractivity contribution in [1.29, 1.82) is 0 Å². The van der Waals surface area contributed by atoms with Crippen LogP contribution in [-0.4, -0.2) is 9.55 Å². The maximum atomic E-state index is 13.3. The molecule has 25 heavy (non-hydrogen) atoms. The van der Waals surface area contributed by atoms with Gasteiger partial charge in [0.2, 0.25) is 0 Å². The van der Waals surface area contributed by atoms with Gasteiger partial charge in [-0.1, -0.05) is 23.7 Å². The second kappa shape index (κ2) is 6.15. The van der Waals surface area contributed by atoms with Crippen molar-refractivity contribution in [3.63, 3.8) is 0 Å². The van der Waals surface area contributed by atoms with E-state index in [4.69, 9.17) is 11.6 Å². The van der Waals surface area contributed by atoms with Crippen molar-refractivity contribution in [2.75, 3.05) is 0 Å². The highest BCUT2D eigenvalue weighted by atomic mass is 35.5. The maximum absolute atomic E-state index is 13.3. The summed E-state index contributed by atoms with van der Waals surface area (Å²) in [5, 5.41) is 1.10. The zero-order valence-electron chi connectivity index (χ0n) is 13.0. The third-order valence-electron chi connectivity index (χ3n) is 3.96. The summed E-state index contributed by atoms with van der Waals surface area (Å²) < 4.78 is 14.8. The Hall–Kier alpha value is -2.98. The lowest BCUT2D eigenvalue weighted by molar-refractivity contribution is 0.627. The Balaban J connectivity index is 2.09. The first-order valence-electron chi connectivity index (χ1n) is 7.67. The smallest absolute Gasteiger partial charge is 0.266 e. The predicted molar refractivity (Wildman–Crippen MR) is 97.7 cm³/mol. The molecule has 122 valence electrons. The van der Waals surface area contributed by atoms with Crippen LogP contribution in [0.3, 0.4) is 0 Å². The average molecular weight is 351 g/mol. The molecule has 0 amide bonds. The molecule has 3 nitrogen and oxygen atoms in total. The van der Waals surface area contributed by atoms with Crippen LogP contribution >= 0.6 is 11.6 Å². The number of hydrogen-bond acceptors (Lipinski definition) is 2. The monoisotopic (exact) mass is 350 g/mol. The van der Waals surface area contributed by atoms with Gasteiger partial charge in [0.1, 0.15) is 11.6 Å². The average Bonchev–Trinajstić information content (AvgIpc) is 2.63. The summed E-state index contributed by atoms with van der Waals surface area (Å²) in [7, 11) is 0. The van der Waals surface area contributed by atoms with Crippen molar-refractivity contribution < 1.29 is 4.39 Å². The number of nitrogens with zero attached hydrogens (tertiary/aromatic N) is 2. The number of aromatic nitrogens is 2. The van der Waals surface area contributed by atoms with Crippen LogP contribution in [0, 0.1) is 5.82 Å². The normalized spacial score (nSPS) is 11.0. The molecule has 3 aromatic carbocycles. The lowest BCUT2D eigenvalue weighted by Crippen LogP contribution is -2.21. The zero-order valence-corrected chi connectivity index (χ0v) is 13.7. The number of halogens is 2. The summed E-state index contributed by atoms with van der Waals surface area (Å²) in [4.78, 5) is 17.7. The molecule has 0 N–H and O–H groups in total. The Morgan fingerprint density at radius 3 is 2.28 bits per heavy atom. The van der Waals surface area contributed by atoms with Gasteiger partial charge in [0.15, 0.2) is 0 Å². The minimum absolute atomic E-state index is 0.206. The van der Waals surface area contributed by atoms with Crippen LogP contribution in [0.4, 0.5) is 4.39 Å². The Labute approximate surface area is 148 Å². The molecular weight excluding hydrogens is 339 g/mol. The summed E-state index contributed by atoms with van der Waals surface area (Å²) in [5.74, 6) is 0.116. The van der Waals surface area contributed by atoms with E-state index in [1.807, 2.05) is 6.07 Å². The molecule has 4 rings (SSSR count). The van der Waals surface area contributed by atoms with Gasteiger partial charge in [0.05, 0.1) is 16.6 Å². The van der Waals surface area contributed by atoms with E-state index < -0.39 is 0 Å². The molecule has 1 heterocycles. The van der Waals surface area contributed by atoms with Crippen LogP contribution in [-0.2, 0) is 0 Å². The van der Waals surface area contributed by atoms with Gasteiger partial charge >= 0.3 is 0 Å². The number of para-hydroxylation sites is 1. The minimum Gasteiger partial charge on any atom is -0.268 e. The molecule has 1 aromatic heterocycles. The number of hydrogen-bond donors (Lipinski definition) is 0. The Kier molecular flexibility index (Phi) is 3.82. The molecular formula is C20H12ClFN2O. The summed E-state index contributed by atoms with van der Waals surface area (Å²) in [6, 6.07) is 20.0. The second-order valence-corrected chi connectivity index (χ2v) is 6.01. The van der Waals surface area contributed by atoms with E-state index in [9.17, 15) is 9.18 Å². The molecule has 0 saturated heterocycles. The van der Waals surface area contributed by atoms with Crippen LogP contribution in [0.25, 0.3) is 28.0 Å². The Bertz CT molecular complexity index is 1120. The van der Waals surface area contributed by atoms with E-state index in [1.165, 1.54) is 16.7 Å². The van der Waals surface area contributed by atoms with Crippen molar-refractivity contribution in [1.82, 2.24) is 9.55 Å². The lowest BCUT2D eigenvalue weighted by atomic mass is 10.1. The van der Waals surface area contributed by atoms with Crippen molar-refractivity contribution >= 4 is 22.5 Å². The topological polar surface area (TPSA) is 34.9 Å². The summed E-state index contributed by atoms with van der Waals surface area (Å²) in [5.41, 5.74) is 1.70. The first-order valence-corrected chi connectivity index (χ1v) is 8.05. The van der Waals surface area contributed by atoms with E-state index in [2.05, 4.69) is 4.98 Å². The Morgan fingerprint density at radius 2 is 1.56 bits per heavy atom. The molecule has 0 radical (unpaired) electrons. The van der Waals surface area contributed by atoms with Gasteiger partial charge < -0.3 is 0 Å². The highest BCUT2D eigenvalue weighted by Crippen LogP contribution is 2.23. The first-order chi connectivity index (χ1) is 12.1. The van der Waals surface area contributed by atoms with Gasteiger partial charge in [-0.2, -0.15) is 0 Å². The molecule has 0 aliphatic heterocycles. The molecule has 0 aliphatic carbocycles. The van der Waals surface area contributed by atoms with Gasteiger partial charge in [-0.25, -0.2) is 9.37 Å². The molecule has 0 aliphatic rings. The number of fused-ring (bicyclic) bond motifs is 1. The van der Waals surface area contributed by atoms with Gasteiger partial charge in [-0.05, 0) is 60.7 Å². The molecule has 0 saturated carbocycles. The van der Waals surface area contributed by atoms with Crippen LogP contribution in [0.2, 0.25) is 5.02 Å². The lowest BCUT2D eigenvalue weighted by Gasteiger charge is -2.14. The van der Waals surface area contributed by atoms with Crippen molar-refractivity contribution in [2.45, 2.75) is 0 Å². The van der Waals surface area contributed by atoms with E-state index >= 15 is 0 Å². The van der Waals surface area contributed by atoms with Crippen LogP contribution in [0.15, 0.2) is 77.6 Å². The highest BCUT2D eigenvalue weighted by molar-refractivity contribution is 6.30. The molecule has 4 aromatic rings. The van der Waals surface area contributed by atoms with E-state index in [0.29, 0.717) is 27.4 Å². The summed E-state index contributed by atoms with van der Waals surface area (Å²) in [6.45, 7) is 0.